The van der Waals surface area contributed by atoms with Crippen molar-refractivity contribution in [3.63, 3.8) is 0 Å². The van der Waals surface area contributed by atoms with Gasteiger partial charge >= 0.3 is 11.8 Å². The predicted octanol–water partition coefficient (Wildman–Crippen LogP) is 4.13. The Bertz CT molecular complexity index is 842. The number of nitrogens with one attached hydrogen (secondary N) is 2. The van der Waals surface area contributed by atoms with Crippen molar-refractivity contribution in [1.82, 2.24) is 0 Å². The number of halogens is 3. The van der Waals surface area contributed by atoms with Gasteiger partial charge in [0.05, 0.1) is 26.3 Å². The largest absolute Gasteiger partial charge is 0.316 e. The fourth-order valence-electron chi connectivity index (χ4n) is 1.67. The molecule has 7 nitrogen and oxygen atoms in total. The third-order valence-corrected chi connectivity index (χ3v) is 3.67. The minimum atomic E-state index is -1.07. The van der Waals surface area contributed by atoms with E-state index in [2.05, 4.69) is 10.6 Å². The molecule has 0 fully saturated rings. The maximum Gasteiger partial charge on any atom is 0.314 e. The van der Waals surface area contributed by atoms with Crippen LogP contribution in [0.2, 0.25) is 15.1 Å². The first kappa shape index (κ1) is 18.0. The summed E-state index contributed by atoms with van der Waals surface area (Å²) in [5.74, 6) is -2.09. The average molecular weight is 389 g/mol. The van der Waals surface area contributed by atoms with E-state index >= 15 is 0 Å². The molecule has 0 bridgehead atoms. The fourth-order valence-corrected chi connectivity index (χ4v) is 2.29. The minimum absolute atomic E-state index is 0.0475. The number of carbonyl (C=O) groups is 2. The summed E-state index contributed by atoms with van der Waals surface area (Å²) in [6.45, 7) is 0. The lowest BCUT2D eigenvalue weighted by Crippen LogP contribution is -2.29. The van der Waals surface area contributed by atoms with E-state index in [1.807, 2.05) is 0 Å². The first-order valence-corrected chi connectivity index (χ1v) is 7.42. The molecule has 0 aliphatic heterocycles. The van der Waals surface area contributed by atoms with E-state index in [0.29, 0.717) is 5.02 Å². The van der Waals surface area contributed by atoms with Crippen LogP contribution in [0.3, 0.4) is 0 Å². The van der Waals surface area contributed by atoms with Gasteiger partial charge in [0.25, 0.3) is 5.69 Å². The molecular formula is C14H8Cl3N3O4. The van der Waals surface area contributed by atoms with Crippen molar-refractivity contribution >= 4 is 63.7 Å². The molecule has 24 heavy (non-hydrogen) atoms. The van der Waals surface area contributed by atoms with Crippen molar-refractivity contribution in [3.8, 4) is 0 Å². The number of non-ortho nitro benzene ring substituents is 1. The molecule has 0 unspecified atom stereocenters. The van der Waals surface area contributed by atoms with Crippen molar-refractivity contribution < 1.29 is 14.5 Å². The van der Waals surface area contributed by atoms with Gasteiger partial charge in [0.1, 0.15) is 0 Å². The first-order valence-electron chi connectivity index (χ1n) is 6.29. The summed E-state index contributed by atoms with van der Waals surface area (Å²) < 4.78 is 0. The topological polar surface area (TPSA) is 101 Å². The van der Waals surface area contributed by atoms with Crippen LogP contribution in [0.15, 0.2) is 36.4 Å². The Hall–Kier alpha value is -2.35. The Kier molecular flexibility index (Phi) is 5.61. The second-order valence-electron chi connectivity index (χ2n) is 4.45. The normalized spacial score (nSPS) is 10.1. The third-order valence-electron chi connectivity index (χ3n) is 2.79. The van der Waals surface area contributed by atoms with Crippen molar-refractivity contribution in [3.05, 3.63) is 61.6 Å². The van der Waals surface area contributed by atoms with Crippen LogP contribution >= 0.6 is 34.8 Å². The third kappa shape index (κ3) is 4.35. The summed E-state index contributed by atoms with van der Waals surface area (Å²) in [6.07, 6.45) is 0. The van der Waals surface area contributed by atoms with Crippen LogP contribution in [0.4, 0.5) is 17.1 Å². The molecule has 10 heteroatoms. The summed E-state index contributed by atoms with van der Waals surface area (Å²) in [5, 5.41) is 15.8. The standard InChI is InChI=1S/C14H8Cl3N3O4/c15-7-1-4-11(10(17)5-7)18-13(21)14(22)19-12-6-8(20(23)24)2-3-9(12)16/h1-6H,(H,18,21)(H,19,22). The zero-order chi connectivity index (χ0) is 17.9. The monoisotopic (exact) mass is 387 g/mol. The molecule has 2 N–H and O–H groups in total. The molecular weight excluding hydrogens is 381 g/mol. The van der Waals surface area contributed by atoms with Gasteiger partial charge in [0, 0.05) is 17.2 Å². The maximum atomic E-state index is 11.9. The number of hydrogen-bond acceptors (Lipinski definition) is 4. The maximum absolute atomic E-state index is 11.9. The van der Waals surface area contributed by atoms with Crippen LogP contribution in [0, 0.1) is 10.1 Å². The Balaban J connectivity index is 2.13. The SMILES string of the molecule is O=C(Nc1ccc(Cl)cc1Cl)C(=O)Nc1cc([N+](=O)[O-])ccc1Cl. The van der Waals surface area contributed by atoms with E-state index < -0.39 is 16.7 Å². The molecule has 2 aromatic rings. The van der Waals surface area contributed by atoms with Gasteiger partial charge in [-0.1, -0.05) is 34.8 Å². The zero-order valence-corrected chi connectivity index (χ0v) is 13.9. The van der Waals surface area contributed by atoms with Crippen molar-refractivity contribution in [1.29, 1.82) is 0 Å². The molecule has 0 aliphatic carbocycles. The van der Waals surface area contributed by atoms with Crippen LogP contribution in [-0.4, -0.2) is 16.7 Å². The lowest BCUT2D eigenvalue weighted by atomic mass is 10.2. The quantitative estimate of drug-likeness (QED) is 0.469. The van der Waals surface area contributed by atoms with E-state index in [1.54, 1.807) is 0 Å². The number of rotatable bonds is 3. The lowest BCUT2D eigenvalue weighted by Gasteiger charge is -2.09. The highest BCUT2D eigenvalue weighted by Crippen LogP contribution is 2.27. The number of nitrogens with zero attached hydrogens (tertiary/aromatic N) is 1. The molecule has 124 valence electrons. The van der Waals surface area contributed by atoms with E-state index in [1.165, 1.54) is 30.3 Å². The van der Waals surface area contributed by atoms with E-state index in [0.717, 1.165) is 6.07 Å². The van der Waals surface area contributed by atoms with Gasteiger partial charge in [-0.05, 0) is 24.3 Å². The lowest BCUT2D eigenvalue weighted by molar-refractivity contribution is -0.384. The minimum Gasteiger partial charge on any atom is -0.316 e. The highest BCUT2D eigenvalue weighted by atomic mass is 35.5. The average Bonchev–Trinajstić information content (AvgIpc) is 2.51. The van der Waals surface area contributed by atoms with Gasteiger partial charge < -0.3 is 10.6 Å². The Labute approximate surface area is 150 Å². The van der Waals surface area contributed by atoms with Crippen LogP contribution in [-0.2, 0) is 9.59 Å². The molecule has 2 aromatic carbocycles. The number of nitro groups is 1. The molecule has 2 amide bonds. The molecule has 0 atom stereocenters. The van der Waals surface area contributed by atoms with Crippen molar-refractivity contribution in [2.75, 3.05) is 10.6 Å². The summed E-state index contributed by atoms with van der Waals surface area (Å²) in [4.78, 5) is 33.9. The second kappa shape index (κ2) is 7.48. The van der Waals surface area contributed by atoms with Crippen LogP contribution < -0.4 is 10.6 Å². The summed E-state index contributed by atoms with van der Waals surface area (Å²) in [7, 11) is 0. The fraction of sp³-hybridized carbons (Fsp3) is 0. The Morgan fingerprint density at radius 3 is 2.08 bits per heavy atom. The highest BCUT2D eigenvalue weighted by Gasteiger charge is 2.18. The van der Waals surface area contributed by atoms with E-state index in [4.69, 9.17) is 34.8 Å². The predicted molar refractivity (Wildman–Crippen MR) is 91.8 cm³/mol. The Morgan fingerprint density at radius 2 is 1.50 bits per heavy atom. The Morgan fingerprint density at radius 1 is 0.875 bits per heavy atom. The van der Waals surface area contributed by atoms with Crippen molar-refractivity contribution in [2.45, 2.75) is 0 Å². The highest BCUT2D eigenvalue weighted by molar-refractivity contribution is 6.46. The number of hydrogen-bond donors (Lipinski definition) is 2. The molecule has 0 aromatic heterocycles. The van der Waals surface area contributed by atoms with E-state index in [-0.39, 0.29) is 27.1 Å². The van der Waals surface area contributed by atoms with E-state index in [9.17, 15) is 19.7 Å². The number of anilines is 2. The van der Waals surface area contributed by atoms with Crippen LogP contribution in [0.1, 0.15) is 0 Å². The summed E-state index contributed by atoms with van der Waals surface area (Å²) in [5.41, 5.74) is -0.157. The van der Waals surface area contributed by atoms with Gasteiger partial charge in [-0.2, -0.15) is 0 Å². The van der Waals surface area contributed by atoms with Gasteiger partial charge in [0.15, 0.2) is 0 Å². The second-order valence-corrected chi connectivity index (χ2v) is 5.70. The molecule has 2 rings (SSSR count). The number of carbonyl (C=O) groups excluding carboxylic acids is 2. The smallest absolute Gasteiger partial charge is 0.314 e. The zero-order valence-electron chi connectivity index (χ0n) is 11.7. The molecule has 0 aliphatic rings. The van der Waals surface area contributed by atoms with Gasteiger partial charge in [-0.25, -0.2) is 0 Å². The molecule has 0 spiro atoms. The van der Waals surface area contributed by atoms with Crippen molar-refractivity contribution in [2.24, 2.45) is 0 Å². The summed E-state index contributed by atoms with van der Waals surface area (Å²) >= 11 is 17.5. The van der Waals surface area contributed by atoms with Gasteiger partial charge in [-0.3, -0.25) is 19.7 Å². The first-order chi connectivity index (χ1) is 11.3. The number of nitro benzene ring substituents is 1. The van der Waals surface area contributed by atoms with Gasteiger partial charge in [0.2, 0.25) is 0 Å². The summed E-state index contributed by atoms with van der Waals surface area (Å²) in [6, 6.07) is 7.76. The molecule has 0 saturated carbocycles. The molecule has 0 radical (unpaired) electrons. The van der Waals surface area contributed by atoms with Crippen LogP contribution in [0.5, 0.6) is 0 Å². The molecule has 0 heterocycles. The number of amides is 2. The van der Waals surface area contributed by atoms with Gasteiger partial charge in [-0.15, -0.1) is 0 Å². The number of benzene rings is 2. The molecule has 0 saturated heterocycles. The van der Waals surface area contributed by atoms with Crippen LogP contribution in [0.25, 0.3) is 0 Å².